The Morgan fingerprint density at radius 1 is 1.15 bits per heavy atom. The quantitative estimate of drug-likeness (QED) is 0.529. The first kappa shape index (κ1) is 23.1. The molecule has 10 heteroatoms. The van der Waals surface area contributed by atoms with Crippen molar-refractivity contribution < 1.29 is 22.8 Å². The monoisotopic (exact) mass is 461 g/mol. The number of halogens is 3. The van der Waals surface area contributed by atoms with Gasteiger partial charge in [-0.2, -0.15) is 18.4 Å². The van der Waals surface area contributed by atoms with Crippen LogP contribution in [0.1, 0.15) is 31.2 Å². The maximum atomic E-state index is 13.0. The molecule has 0 radical (unpaired) electrons. The molecular weight excluding hydrogens is 435 g/mol. The van der Waals surface area contributed by atoms with E-state index in [1.807, 2.05) is 15.9 Å². The van der Waals surface area contributed by atoms with Gasteiger partial charge >= 0.3 is 6.18 Å². The second-order valence-electron chi connectivity index (χ2n) is 8.73. The number of alkyl halides is 3. The Morgan fingerprint density at radius 3 is 2.58 bits per heavy atom. The van der Waals surface area contributed by atoms with Gasteiger partial charge in [0.1, 0.15) is 17.5 Å². The number of amides is 1. The second kappa shape index (κ2) is 9.43. The first-order valence-corrected chi connectivity index (χ1v) is 11.2. The van der Waals surface area contributed by atoms with Crippen LogP contribution in [0.25, 0.3) is 0 Å². The van der Waals surface area contributed by atoms with Crippen LogP contribution in [0.5, 0.6) is 0 Å². The Bertz CT molecular complexity index is 993. The molecule has 2 unspecified atom stereocenters. The zero-order valence-electron chi connectivity index (χ0n) is 18.1. The molecule has 1 saturated carbocycles. The lowest BCUT2D eigenvalue weighted by molar-refractivity contribution is -0.137. The topological polar surface area (TPSA) is 88.5 Å². The molecule has 3 aliphatic rings. The van der Waals surface area contributed by atoms with Crippen LogP contribution in [0.4, 0.5) is 18.9 Å². The Morgan fingerprint density at radius 2 is 1.88 bits per heavy atom. The van der Waals surface area contributed by atoms with E-state index in [0.29, 0.717) is 31.9 Å². The van der Waals surface area contributed by atoms with E-state index in [1.54, 1.807) is 6.07 Å². The molecule has 2 aliphatic heterocycles. The summed E-state index contributed by atoms with van der Waals surface area (Å²) in [6.07, 6.45) is -0.785. The summed E-state index contributed by atoms with van der Waals surface area (Å²) in [7, 11) is 0. The van der Waals surface area contributed by atoms with Crippen LogP contribution < -0.4 is 15.5 Å². The maximum Gasteiger partial charge on any atom is 0.416 e. The van der Waals surface area contributed by atoms with Gasteiger partial charge in [0.05, 0.1) is 18.0 Å². The maximum absolute atomic E-state index is 13.0. The number of carbonyl (C=O) groups is 2. The van der Waals surface area contributed by atoms with Crippen molar-refractivity contribution in [2.24, 2.45) is 5.92 Å². The Labute approximate surface area is 190 Å². The van der Waals surface area contributed by atoms with Crippen molar-refractivity contribution in [2.75, 3.05) is 37.6 Å². The molecule has 0 aromatic heterocycles. The molecule has 7 nitrogen and oxygen atoms in total. The van der Waals surface area contributed by atoms with Crippen molar-refractivity contribution in [2.45, 2.75) is 37.9 Å². The van der Waals surface area contributed by atoms with Crippen molar-refractivity contribution in [1.29, 1.82) is 5.26 Å². The van der Waals surface area contributed by atoms with Crippen molar-refractivity contribution in [1.82, 2.24) is 15.5 Å². The molecule has 33 heavy (non-hydrogen) atoms. The summed E-state index contributed by atoms with van der Waals surface area (Å²) in [5, 5.41) is 15.5. The number of piperazine rings is 1. The average Bonchev–Trinajstić information content (AvgIpc) is 2.80. The molecule has 1 amide bonds. The van der Waals surface area contributed by atoms with Crippen LogP contribution in [0.2, 0.25) is 0 Å². The molecule has 1 aliphatic carbocycles. The van der Waals surface area contributed by atoms with Crippen LogP contribution in [0, 0.1) is 17.2 Å². The van der Waals surface area contributed by atoms with Gasteiger partial charge in [0, 0.05) is 37.9 Å². The minimum atomic E-state index is -4.40. The summed E-state index contributed by atoms with van der Waals surface area (Å²) in [6, 6.07) is 7.09. The number of Topliss-reactive ketones (excluding diaryl/α,β-unsaturated/α-hetero) is 1. The largest absolute Gasteiger partial charge is 0.416 e. The molecule has 2 atom stereocenters. The van der Waals surface area contributed by atoms with Gasteiger partial charge in [0.2, 0.25) is 5.91 Å². The lowest BCUT2D eigenvalue weighted by atomic mass is 9.82. The van der Waals surface area contributed by atoms with Gasteiger partial charge in [0.15, 0.2) is 5.78 Å². The van der Waals surface area contributed by atoms with E-state index >= 15 is 0 Å². The SMILES string of the molecule is N#C/C(C(=O)CN1CCN(c2cccc(C(F)(F)F)c2)CC1)=C1/NC(=O)C2CCCCC2N1. The molecule has 1 aromatic rings. The number of nitrogens with one attached hydrogen (secondary N) is 2. The smallest absolute Gasteiger partial charge is 0.369 e. The molecule has 0 bridgehead atoms. The van der Waals surface area contributed by atoms with Crippen LogP contribution in [0.3, 0.4) is 0 Å². The Kier molecular flexibility index (Phi) is 6.61. The van der Waals surface area contributed by atoms with Crippen molar-refractivity contribution in [3.05, 3.63) is 41.2 Å². The first-order chi connectivity index (χ1) is 15.8. The van der Waals surface area contributed by atoms with Crippen molar-refractivity contribution in [3.63, 3.8) is 0 Å². The van der Waals surface area contributed by atoms with E-state index in [2.05, 4.69) is 10.6 Å². The first-order valence-electron chi connectivity index (χ1n) is 11.2. The minimum Gasteiger partial charge on any atom is -0.369 e. The molecule has 2 saturated heterocycles. The highest BCUT2D eigenvalue weighted by Crippen LogP contribution is 2.32. The summed E-state index contributed by atoms with van der Waals surface area (Å²) in [4.78, 5) is 29.0. The summed E-state index contributed by atoms with van der Waals surface area (Å²) >= 11 is 0. The molecular formula is C23H26F3N5O2. The molecule has 1 aromatic carbocycles. The number of ketones is 1. The van der Waals surface area contributed by atoms with E-state index in [1.165, 1.54) is 6.07 Å². The number of fused-ring (bicyclic) bond motifs is 1. The van der Waals surface area contributed by atoms with E-state index < -0.39 is 11.7 Å². The van der Waals surface area contributed by atoms with Gasteiger partial charge in [-0.05, 0) is 31.0 Å². The summed E-state index contributed by atoms with van der Waals surface area (Å²) < 4.78 is 39.0. The standard InChI is InChI=1S/C23H26F3N5O2/c24-23(25,26)15-4-3-5-16(12-15)31-10-8-30(9-11-31)14-20(32)18(13-27)21-28-19-7-2-1-6-17(19)22(33)29-21/h3-5,12,17,19,28H,1-2,6-11,14H2,(H,29,33)/b21-18-. The third kappa shape index (κ3) is 5.14. The van der Waals surface area contributed by atoms with Crippen LogP contribution >= 0.6 is 0 Å². The Hall–Kier alpha value is -3.06. The van der Waals surface area contributed by atoms with Gasteiger partial charge in [-0.3, -0.25) is 14.5 Å². The van der Waals surface area contributed by atoms with E-state index in [4.69, 9.17) is 0 Å². The number of hydrogen-bond donors (Lipinski definition) is 2. The average molecular weight is 461 g/mol. The fourth-order valence-corrected chi connectivity index (χ4v) is 4.77. The third-order valence-electron chi connectivity index (χ3n) is 6.60. The van der Waals surface area contributed by atoms with Crippen molar-refractivity contribution >= 4 is 17.4 Å². The molecule has 2 N–H and O–H groups in total. The molecule has 176 valence electrons. The summed E-state index contributed by atoms with van der Waals surface area (Å²) in [6.45, 7) is 1.88. The molecule has 0 spiro atoms. The minimum absolute atomic E-state index is 0.00840. The predicted molar refractivity (Wildman–Crippen MR) is 115 cm³/mol. The fourth-order valence-electron chi connectivity index (χ4n) is 4.77. The molecule has 4 rings (SSSR count). The van der Waals surface area contributed by atoms with Gasteiger partial charge in [0.25, 0.3) is 0 Å². The zero-order chi connectivity index (χ0) is 23.6. The lowest BCUT2D eigenvalue weighted by Crippen LogP contribution is -2.55. The predicted octanol–water partition coefficient (Wildman–Crippen LogP) is 2.41. The number of hydrogen-bond acceptors (Lipinski definition) is 6. The summed E-state index contributed by atoms with van der Waals surface area (Å²) in [5.74, 6) is -0.481. The number of nitrogens with zero attached hydrogens (tertiary/aromatic N) is 3. The highest BCUT2D eigenvalue weighted by molar-refractivity contribution is 6.02. The third-order valence-corrected chi connectivity index (χ3v) is 6.60. The normalized spacial score (nSPS) is 25.4. The van der Waals surface area contributed by atoms with Gasteiger partial charge in [-0.25, -0.2) is 0 Å². The fraction of sp³-hybridized carbons (Fsp3) is 0.522. The highest BCUT2D eigenvalue weighted by Gasteiger charge is 2.37. The number of anilines is 1. The van der Waals surface area contributed by atoms with E-state index in [-0.39, 0.29) is 41.6 Å². The van der Waals surface area contributed by atoms with Gasteiger partial charge < -0.3 is 15.5 Å². The van der Waals surface area contributed by atoms with Gasteiger partial charge in [-0.15, -0.1) is 0 Å². The highest BCUT2D eigenvalue weighted by atomic mass is 19.4. The summed E-state index contributed by atoms with van der Waals surface area (Å²) in [5.41, 5.74) is -0.287. The number of benzene rings is 1. The lowest BCUT2D eigenvalue weighted by Gasteiger charge is -2.38. The van der Waals surface area contributed by atoms with Crippen LogP contribution in [-0.2, 0) is 15.8 Å². The number of carbonyl (C=O) groups excluding carboxylic acids is 2. The van der Waals surface area contributed by atoms with E-state index in [9.17, 15) is 28.0 Å². The van der Waals surface area contributed by atoms with Gasteiger partial charge in [-0.1, -0.05) is 18.9 Å². The number of rotatable bonds is 4. The second-order valence-corrected chi connectivity index (χ2v) is 8.73. The molecule has 2 heterocycles. The zero-order valence-corrected chi connectivity index (χ0v) is 18.1. The Balaban J connectivity index is 1.37. The molecule has 3 fully saturated rings. The van der Waals surface area contributed by atoms with Crippen LogP contribution in [-0.4, -0.2) is 55.4 Å². The van der Waals surface area contributed by atoms with Crippen molar-refractivity contribution in [3.8, 4) is 6.07 Å². The van der Waals surface area contributed by atoms with E-state index in [0.717, 1.165) is 37.8 Å². The number of nitriles is 1. The van der Waals surface area contributed by atoms with Crippen LogP contribution in [0.15, 0.2) is 35.7 Å².